The number of hydrogen-bond donors (Lipinski definition) is 0. The SMILES string of the molecule is CC(C)CCN1CCCC(Cl)CC1. The summed E-state index contributed by atoms with van der Waals surface area (Å²) < 4.78 is 0. The van der Waals surface area contributed by atoms with Gasteiger partial charge >= 0.3 is 0 Å². The van der Waals surface area contributed by atoms with E-state index in [1.807, 2.05) is 0 Å². The summed E-state index contributed by atoms with van der Waals surface area (Å²) in [5, 5.41) is 0.434. The highest BCUT2D eigenvalue weighted by molar-refractivity contribution is 6.20. The number of rotatable bonds is 3. The standard InChI is InChI=1S/C11H22ClN/c1-10(2)5-8-13-7-3-4-11(12)6-9-13/h10-11H,3-9H2,1-2H3. The normalized spacial score (nSPS) is 26.3. The first-order valence-electron chi connectivity index (χ1n) is 5.55. The fourth-order valence-electron chi connectivity index (χ4n) is 1.78. The Morgan fingerprint density at radius 2 is 2.08 bits per heavy atom. The molecule has 1 saturated heterocycles. The van der Waals surface area contributed by atoms with Gasteiger partial charge in [0.05, 0.1) is 0 Å². The molecular formula is C11H22ClN. The van der Waals surface area contributed by atoms with Gasteiger partial charge in [-0.15, -0.1) is 11.6 Å². The average molecular weight is 204 g/mol. The molecule has 2 heteroatoms. The van der Waals surface area contributed by atoms with Crippen molar-refractivity contribution in [2.45, 2.75) is 44.9 Å². The zero-order valence-electron chi connectivity index (χ0n) is 8.93. The largest absolute Gasteiger partial charge is 0.303 e. The van der Waals surface area contributed by atoms with E-state index in [1.54, 1.807) is 0 Å². The summed E-state index contributed by atoms with van der Waals surface area (Å²) in [5.74, 6) is 0.829. The molecule has 1 aliphatic heterocycles. The molecule has 0 saturated carbocycles. The summed E-state index contributed by atoms with van der Waals surface area (Å²) in [4.78, 5) is 2.57. The van der Waals surface area contributed by atoms with E-state index in [-0.39, 0.29) is 0 Å². The van der Waals surface area contributed by atoms with Gasteiger partial charge in [-0.3, -0.25) is 0 Å². The lowest BCUT2D eigenvalue weighted by molar-refractivity contribution is 0.268. The van der Waals surface area contributed by atoms with Crippen molar-refractivity contribution in [2.24, 2.45) is 5.92 Å². The molecule has 0 bridgehead atoms. The first-order chi connectivity index (χ1) is 6.18. The molecule has 1 aliphatic rings. The summed E-state index contributed by atoms with van der Waals surface area (Å²) in [6.07, 6.45) is 5.00. The van der Waals surface area contributed by atoms with Crippen molar-refractivity contribution in [3.05, 3.63) is 0 Å². The highest BCUT2D eigenvalue weighted by Crippen LogP contribution is 2.16. The van der Waals surface area contributed by atoms with Crippen LogP contribution in [0.25, 0.3) is 0 Å². The second-order valence-corrected chi connectivity index (χ2v) is 5.17. The van der Waals surface area contributed by atoms with Crippen molar-refractivity contribution in [1.29, 1.82) is 0 Å². The Morgan fingerprint density at radius 3 is 2.77 bits per heavy atom. The van der Waals surface area contributed by atoms with Gasteiger partial charge in [-0.1, -0.05) is 13.8 Å². The quantitative estimate of drug-likeness (QED) is 0.638. The van der Waals surface area contributed by atoms with Crippen molar-refractivity contribution in [3.63, 3.8) is 0 Å². The van der Waals surface area contributed by atoms with Gasteiger partial charge < -0.3 is 4.90 Å². The minimum atomic E-state index is 0.434. The van der Waals surface area contributed by atoms with Crippen LogP contribution in [0.1, 0.15) is 39.5 Å². The Balaban J connectivity index is 2.18. The minimum absolute atomic E-state index is 0.434. The molecule has 1 fully saturated rings. The van der Waals surface area contributed by atoms with E-state index in [9.17, 15) is 0 Å². The molecule has 0 aromatic heterocycles. The topological polar surface area (TPSA) is 3.24 Å². The summed E-state index contributed by atoms with van der Waals surface area (Å²) in [6.45, 7) is 8.32. The summed E-state index contributed by atoms with van der Waals surface area (Å²) in [7, 11) is 0. The zero-order chi connectivity index (χ0) is 9.68. The molecule has 1 heterocycles. The molecular weight excluding hydrogens is 182 g/mol. The van der Waals surface area contributed by atoms with E-state index in [4.69, 9.17) is 11.6 Å². The van der Waals surface area contributed by atoms with Crippen LogP contribution in [-0.2, 0) is 0 Å². The van der Waals surface area contributed by atoms with Gasteiger partial charge in [-0.2, -0.15) is 0 Å². The highest BCUT2D eigenvalue weighted by atomic mass is 35.5. The van der Waals surface area contributed by atoms with Gasteiger partial charge in [-0.05, 0) is 51.2 Å². The van der Waals surface area contributed by atoms with Crippen molar-refractivity contribution < 1.29 is 0 Å². The lowest BCUT2D eigenvalue weighted by Gasteiger charge is -2.20. The maximum Gasteiger partial charge on any atom is 0.0348 e. The Labute approximate surface area is 87.4 Å². The molecule has 0 radical (unpaired) electrons. The van der Waals surface area contributed by atoms with Crippen LogP contribution in [0, 0.1) is 5.92 Å². The predicted octanol–water partition coefficient (Wildman–Crippen LogP) is 3.13. The molecule has 1 atom stereocenters. The van der Waals surface area contributed by atoms with Crippen LogP contribution >= 0.6 is 11.6 Å². The lowest BCUT2D eigenvalue weighted by Crippen LogP contribution is -2.26. The molecule has 0 aromatic rings. The molecule has 0 aromatic carbocycles. The van der Waals surface area contributed by atoms with Crippen molar-refractivity contribution in [1.82, 2.24) is 4.90 Å². The maximum atomic E-state index is 6.12. The third-order valence-corrected chi connectivity index (χ3v) is 3.21. The van der Waals surface area contributed by atoms with Crippen LogP contribution in [0.5, 0.6) is 0 Å². The third-order valence-electron chi connectivity index (χ3n) is 2.77. The van der Waals surface area contributed by atoms with Crippen molar-refractivity contribution in [2.75, 3.05) is 19.6 Å². The molecule has 78 valence electrons. The number of hydrogen-bond acceptors (Lipinski definition) is 1. The average Bonchev–Trinajstić information content (AvgIpc) is 2.27. The van der Waals surface area contributed by atoms with Crippen LogP contribution in [0.2, 0.25) is 0 Å². The van der Waals surface area contributed by atoms with E-state index < -0.39 is 0 Å². The van der Waals surface area contributed by atoms with Crippen molar-refractivity contribution >= 4 is 11.6 Å². The van der Waals surface area contributed by atoms with Crippen LogP contribution in [-0.4, -0.2) is 29.9 Å². The molecule has 0 spiro atoms. The highest BCUT2D eigenvalue weighted by Gasteiger charge is 2.14. The fourth-order valence-corrected chi connectivity index (χ4v) is 2.03. The lowest BCUT2D eigenvalue weighted by atomic mass is 10.1. The Bertz CT molecular complexity index is 136. The molecule has 0 aliphatic carbocycles. The Kier molecular flexibility index (Phi) is 5.12. The number of nitrogens with zero attached hydrogens (tertiary/aromatic N) is 1. The van der Waals surface area contributed by atoms with E-state index in [0.717, 1.165) is 5.92 Å². The van der Waals surface area contributed by atoms with E-state index in [2.05, 4.69) is 18.7 Å². The maximum absolute atomic E-state index is 6.12. The Morgan fingerprint density at radius 1 is 1.31 bits per heavy atom. The zero-order valence-corrected chi connectivity index (χ0v) is 9.69. The van der Waals surface area contributed by atoms with Crippen molar-refractivity contribution in [3.8, 4) is 0 Å². The number of halogens is 1. The summed E-state index contributed by atoms with van der Waals surface area (Å²) in [5.41, 5.74) is 0. The second-order valence-electron chi connectivity index (χ2n) is 4.55. The van der Waals surface area contributed by atoms with Gasteiger partial charge in [0.1, 0.15) is 0 Å². The fraction of sp³-hybridized carbons (Fsp3) is 1.00. The second kappa shape index (κ2) is 5.87. The molecule has 1 rings (SSSR count). The molecule has 0 amide bonds. The van der Waals surface area contributed by atoms with Crippen LogP contribution in [0.15, 0.2) is 0 Å². The smallest absolute Gasteiger partial charge is 0.0348 e. The van der Waals surface area contributed by atoms with Gasteiger partial charge in [0, 0.05) is 5.38 Å². The predicted molar refractivity (Wildman–Crippen MR) is 59.4 cm³/mol. The molecule has 0 N–H and O–H groups in total. The van der Waals surface area contributed by atoms with Gasteiger partial charge in [0.25, 0.3) is 0 Å². The van der Waals surface area contributed by atoms with Crippen LogP contribution in [0.3, 0.4) is 0 Å². The van der Waals surface area contributed by atoms with Gasteiger partial charge in [0.2, 0.25) is 0 Å². The monoisotopic (exact) mass is 203 g/mol. The molecule has 1 nitrogen and oxygen atoms in total. The number of alkyl halides is 1. The van der Waals surface area contributed by atoms with E-state index >= 15 is 0 Å². The Hall–Kier alpha value is 0.250. The summed E-state index contributed by atoms with van der Waals surface area (Å²) in [6, 6.07) is 0. The van der Waals surface area contributed by atoms with Gasteiger partial charge in [-0.25, -0.2) is 0 Å². The third kappa shape index (κ3) is 4.87. The minimum Gasteiger partial charge on any atom is -0.303 e. The van der Waals surface area contributed by atoms with E-state index in [1.165, 1.54) is 45.3 Å². The first-order valence-corrected chi connectivity index (χ1v) is 5.98. The molecule has 1 unspecified atom stereocenters. The van der Waals surface area contributed by atoms with Crippen LogP contribution in [0.4, 0.5) is 0 Å². The van der Waals surface area contributed by atoms with E-state index in [0.29, 0.717) is 5.38 Å². The number of likely N-dealkylation sites (tertiary alicyclic amines) is 1. The summed E-state index contributed by atoms with van der Waals surface area (Å²) >= 11 is 6.12. The van der Waals surface area contributed by atoms with Gasteiger partial charge in [0.15, 0.2) is 0 Å². The van der Waals surface area contributed by atoms with Crippen LogP contribution < -0.4 is 0 Å². The molecule has 13 heavy (non-hydrogen) atoms. The first kappa shape index (κ1) is 11.3.